The summed E-state index contributed by atoms with van der Waals surface area (Å²) in [5, 5.41) is 0. The molecule has 0 heterocycles. The Balaban J connectivity index is 2.35. The highest BCUT2D eigenvalue weighted by Crippen LogP contribution is 2.35. The number of aryl methyl sites for hydroxylation is 2. The summed E-state index contributed by atoms with van der Waals surface area (Å²) in [7, 11) is 4.71. The van der Waals surface area contributed by atoms with Gasteiger partial charge in [0.1, 0.15) is 5.75 Å². The van der Waals surface area contributed by atoms with Crippen LogP contribution in [0.5, 0.6) is 17.2 Å². The van der Waals surface area contributed by atoms with Crippen molar-refractivity contribution in [2.75, 3.05) is 21.3 Å². The fraction of sp³-hybridized carbons (Fsp3) is 0.250. The summed E-state index contributed by atoms with van der Waals surface area (Å²) in [4.78, 5) is 12.4. The van der Waals surface area contributed by atoms with Crippen LogP contribution in [0.15, 0.2) is 36.4 Å². The summed E-state index contributed by atoms with van der Waals surface area (Å²) in [5.41, 5.74) is 3.53. The van der Waals surface area contributed by atoms with E-state index in [-0.39, 0.29) is 5.78 Å². The Labute approximate surface area is 142 Å². The molecule has 0 fully saturated rings. The van der Waals surface area contributed by atoms with Gasteiger partial charge in [0.25, 0.3) is 0 Å². The van der Waals surface area contributed by atoms with E-state index in [4.69, 9.17) is 14.2 Å². The first-order valence-electron chi connectivity index (χ1n) is 7.59. The lowest BCUT2D eigenvalue weighted by Crippen LogP contribution is -1.98. The van der Waals surface area contributed by atoms with Crippen molar-refractivity contribution in [1.29, 1.82) is 0 Å². The second kappa shape index (κ2) is 7.68. The van der Waals surface area contributed by atoms with Crippen molar-refractivity contribution >= 4 is 11.9 Å². The third-order valence-electron chi connectivity index (χ3n) is 3.80. The zero-order valence-corrected chi connectivity index (χ0v) is 14.7. The summed E-state index contributed by atoms with van der Waals surface area (Å²) < 4.78 is 15.9. The van der Waals surface area contributed by atoms with Crippen LogP contribution in [0.2, 0.25) is 0 Å². The second-order valence-corrected chi connectivity index (χ2v) is 5.47. The summed E-state index contributed by atoms with van der Waals surface area (Å²) in [6, 6.07) is 9.30. The number of hydrogen-bond acceptors (Lipinski definition) is 4. The molecular weight excluding hydrogens is 304 g/mol. The van der Waals surface area contributed by atoms with E-state index < -0.39 is 0 Å². The van der Waals surface area contributed by atoms with E-state index >= 15 is 0 Å². The molecule has 0 atom stereocenters. The molecule has 2 aromatic carbocycles. The molecule has 24 heavy (non-hydrogen) atoms. The van der Waals surface area contributed by atoms with Crippen LogP contribution >= 0.6 is 0 Å². The maximum atomic E-state index is 12.4. The standard InChI is InChI=1S/C20H22O4/c1-13-6-8-16(14(2)10-13)17(21)9-7-15-11-19(23-4)20(24-5)12-18(15)22-3/h6-12H,1-5H3/b9-7+. The van der Waals surface area contributed by atoms with E-state index in [1.165, 1.54) is 0 Å². The lowest BCUT2D eigenvalue weighted by atomic mass is 10.0. The Morgan fingerprint density at radius 2 is 1.50 bits per heavy atom. The molecule has 4 heteroatoms. The summed E-state index contributed by atoms with van der Waals surface area (Å²) in [6.45, 7) is 3.94. The van der Waals surface area contributed by atoms with Gasteiger partial charge in [0.05, 0.1) is 21.3 Å². The molecule has 0 aromatic heterocycles. The van der Waals surface area contributed by atoms with E-state index in [0.29, 0.717) is 22.8 Å². The second-order valence-electron chi connectivity index (χ2n) is 5.47. The number of carbonyl (C=O) groups excluding carboxylic acids is 1. The Kier molecular flexibility index (Phi) is 5.64. The van der Waals surface area contributed by atoms with Gasteiger partial charge in [0, 0.05) is 17.2 Å². The number of hydrogen-bond donors (Lipinski definition) is 0. The highest BCUT2D eigenvalue weighted by atomic mass is 16.5. The Hall–Kier alpha value is -2.75. The molecule has 126 valence electrons. The number of rotatable bonds is 6. The third-order valence-corrected chi connectivity index (χ3v) is 3.80. The number of benzene rings is 2. The smallest absolute Gasteiger partial charge is 0.186 e. The van der Waals surface area contributed by atoms with E-state index in [2.05, 4.69) is 0 Å². The van der Waals surface area contributed by atoms with Crippen LogP contribution in [0.3, 0.4) is 0 Å². The van der Waals surface area contributed by atoms with Crippen LogP contribution < -0.4 is 14.2 Å². The van der Waals surface area contributed by atoms with E-state index in [1.807, 2.05) is 32.0 Å². The number of methoxy groups -OCH3 is 3. The van der Waals surface area contributed by atoms with Gasteiger partial charge in [0.2, 0.25) is 0 Å². The predicted molar refractivity (Wildman–Crippen MR) is 95.4 cm³/mol. The SMILES string of the molecule is COc1cc(OC)c(OC)cc1/C=C/C(=O)c1ccc(C)cc1C. The van der Waals surface area contributed by atoms with Crippen molar-refractivity contribution in [1.82, 2.24) is 0 Å². The van der Waals surface area contributed by atoms with Crippen LogP contribution in [0.4, 0.5) is 0 Å². The molecule has 2 aromatic rings. The van der Waals surface area contributed by atoms with Gasteiger partial charge in [-0.05, 0) is 37.6 Å². The minimum Gasteiger partial charge on any atom is -0.496 e. The minimum absolute atomic E-state index is 0.0515. The zero-order chi connectivity index (χ0) is 17.7. The number of carbonyl (C=O) groups is 1. The summed E-state index contributed by atoms with van der Waals surface area (Å²) in [6.07, 6.45) is 3.27. The van der Waals surface area contributed by atoms with Crippen LogP contribution in [0.1, 0.15) is 27.0 Å². The fourth-order valence-electron chi connectivity index (χ4n) is 2.53. The fourth-order valence-corrected chi connectivity index (χ4v) is 2.53. The average molecular weight is 326 g/mol. The van der Waals surface area contributed by atoms with Crippen LogP contribution in [-0.4, -0.2) is 27.1 Å². The molecule has 0 unspecified atom stereocenters. The van der Waals surface area contributed by atoms with Crippen molar-refractivity contribution in [2.24, 2.45) is 0 Å². The molecular formula is C20H22O4. The van der Waals surface area contributed by atoms with Crippen LogP contribution in [0.25, 0.3) is 6.08 Å². The van der Waals surface area contributed by atoms with Gasteiger partial charge in [-0.3, -0.25) is 4.79 Å². The first-order valence-corrected chi connectivity index (χ1v) is 7.59. The maximum absolute atomic E-state index is 12.4. The van der Waals surface area contributed by atoms with E-state index in [1.54, 1.807) is 45.6 Å². The topological polar surface area (TPSA) is 44.8 Å². The average Bonchev–Trinajstić information content (AvgIpc) is 2.58. The Morgan fingerprint density at radius 1 is 0.875 bits per heavy atom. The van der Waals surface area contributed by atoms with Gasteiger partial charge in [0.15, 0.2) is 17.3 Å². The Morgan fingerprint density at radius 3 is 2.08 bits per heavy atom. The largest absolute Gasteiger partial charge is 0.496 e. The number of allylic oxidation sites excluding steroid dienone is 1. The molecule has 4 nitrogen and oxygen atoms in total. The van der Waals surface area contributed by atoms with Gasteiger partial charge >= 0.3 is 0 Å². The number of ether oxygens (including phenoxy) is 3. The minimum atomic E-state index is -0.0515. The molecule has 0 aliphatic heterocycles. The van der Waals surface area contributed by atoms with E-state index in [0.717, 1.165) is 16.7 Å². The first-order chi connectivity index (χ1) is 11.5. The zero-order valence-electron chi connectivity index (χ0n) is 14.7. The molecule has 0 N–H and O–H groups in total. The van der Waals surface area contributed by atoms with Crippen LogP contribution in [0, 0.1) is 13.8 Å². The molecule has 0 spiro atoms. The van der Waals surface area contributed by atoms with Crippen molar-refractivity contribution in [3.8, 4) is 17.2 Å². The van der Waals surface area contributed by atoms with Crippen molar-refractivity contribution < 1.29 is 19.0 Å². The normalized spacial score (nSPS) is 10.7. The molecule has 0 bridgehead atoms. The highest BCUT2D eigenvalue weighted by molar-refractivity contribution is 6.08. The molecule has 2 rings (SSSR count). The highest BCUT2D eigenvalue weighted by Gasteiger charge is 2.11. The molecule has 0 saturated carbocycles. The van der Waals surface area contributed by atoms with Gasteiger partial charge < -0.3 is 14.2 Å². The van der Waals surface area contributed by atoms with Crippen molar-refractivity contribution in [3.63, 3.8) is 0 Å². The molecule has 0 amide bonds. The molecule has 0 aliphatic rings. The molecule has 0 saturated heterocycles. The van der Waals surface area contributed by atoms with Crippen molar-refractivity contribution in [2.45, 2.75) is 13.8 Å². The quantitative estimate of drug-likeness (QED) is 0.589. The summed E-state index contributed by atoms with van der Waals surface area (Å²) >= 11 is 0. The van der Waals surface area contributed by atoms with Crippen LogP contribution in [-0.2, 0) is 0 Å². The van der Waals surface area contributed by atoms with Gasteiger partial charge in [-0.15, -0.1) is 0 Å². The van der Waals surface area contributed by atoms with Gasteiger partial charge in [-0.25, -0.2) is 0 Å². The summed E-state index contributed by atoms with van der Waals surface area (Å²) in [5.74, 6) is 1.71. The van der Waals surface area contributed by atoms with Gasteiger partial charge in [-0.1, -0.05) is 23.8 Å². The molecule has 0 radical (unpaired) electrons. The Bertz CT molecular complexity index is 775. The first kappa shape index (κ1) is 17.6. The maximum Gasteiger partial charge on any atom is 0.186 e. The lowest BCUT2D eigenvalue weighted by Gasteiger charge is -2.12. The van der Waals surface area contributed by atoms with E-state index in [9.17, 15) is 4.79 Å². The monoisotopic (exact) mass is 326 g/mol. The molecule has 0 aliphatic carbocycles. The lowest BCUT2D eigenvalue weighted by molar-refractivity contribution is 0.104. The van der Waals surface area contributed by atoms with Gasteiger partial charge in [-0.2, -0.15) is 0 Å². The van der Waals surface area contributed by atoms with Crippen molar-refractivity contribution in [3.05, 3.63) is 58.7 Å². The predicted octanol–water partition coefficient (Wildman–Crippen LogP) is 4.23. The number of ketones is 1. The third kappa shape index (κ3) is 3.77.